The molecule has 0 unspecified atom stereocenters. The number of aromatic nitrogens is 4. The summed E-state index contributed by atoms with van der Waals surface area (Å²) in [6, 6.07) is 5.23. The normalized spacial score (nSPS) is 10.2. The molecule has 1 aromatic heterocycles. The van der Waals surface area contributed by atoms with E-state index in [-0.39, 0.29) is 18.8 Å². The van der Waals surface area contributed by atoms with Crippen LogP contribution in [-0.2, 0) is 11.3 Å². The summed E-state index contributed by atoms with van der Waals surface area (Å²) in [5.74, 6) is -0.589. The minimum absolute atomic E-state index is 0.0202. The number of tetrazole rings is 1. The molecule has 9 heteroatoms. The first-order chi connectivity index (χ1) is 10.1. The van der Waals surface area contributed by atoms with Gasteiger partial charge in [0.25, 0.3) is 0 Å². The highest BCUT2D eigenvalue weighted by atomic mass is 19.1. The van der Waals surface area contributed by atoms with Gasteiger partial charge >= 0.3 is 6.03 Å². The van der Waals surface area contributed by atoms with Gasteiger partial charge in [0.1, 0.15) is 5.82 Å². The van der Waals surface area contributed by atoms with Crippen LogP contribution in [-0.4, -0.2) is 39.2 Å². The molecule has 0 spiro atoms. The summed E-state index contributed by atoms with van der Waals surface area (Å²) in [6.45, 7) is 0.158. The molecule has 8 nitrogen and oxygen atoms in total. The summed E-state index contributed by atoms with van der Waals surface area (Å²) in [5, 5.41) is 16.0. The topological polar surface area (TPSA) is 102 Å². The zero-order valence-corrected chi connectivity index (χ0v) is 11.2. The number of halogens is 1. The Hall–Kier alpha value is -2.84. The lowest BCUT2D eigenvalue weighted by atomic mass is 10.2. The van der Waals surface area contributed by atoms with Crippen molar-refractivity contribution in [1.29, 1.82) is 0 Å². The number of carbonyl (C=O) groups excluding carboxylic acids is 2. The largest absolute Gasteiger partial charge is 0.341 e. The molecule has 0 aliphatic heterocycles. The van der Waals surface area contributed by atoms with Crippen molar-refractivity contribution >= 4 is 11.9 Å². The second kappa shape index (κ2) is 6.55. The second-order valence-electron chi connectivity index (χ2n) is 4.10. The van der Waals surface area contributed by atoms with Gasteiger partial charge in [-0.2, -0.15) is 4.80 Å². The number of nitrogens with one attached hydrogen (secondary N) is 2. The monoisotopic (exact) mass is 292 g/mol. The molecule has 1 heterocycles. The molecule has 0 aliphatic carbocycles. The van der Waals surface area contributed by atoms with Crippen molar-refractivity contribution < 1.29 is 14.0 Å². The second-order valence-corrected chi connectivity index (χ2v) is 4.10. The highest BCUT2D eigenvalue weighted by Gasteiger charge is 2.09. The molecule has 21 heavy (non-hydrogen) atoms. The molecule has 0 radical (unpaired) electrons. The smallest absolute Gasteiger partial charge is 0.321 e. The van der Waals surface area contributed by atoms with Crippen LogP contribution in [0.2, 0.25) is 0 Å². The lowest BCUT2D eigenvalue weighted by molar-refractivity contribution is -0.120. The van der Waals surface area contributed by atoms with E-state index in [2.05, 4.69) is 26.0 Å². The van der Waals surface area contributed by atoms with E-state index in [4.69, 9.17) is 0 Å². The third kappa shape index (κ3) is 4.06. The number of amides is 3. The molecule has 1 aromatic carbocycles. The summed E-state index contributed by atoms with van der Waals surface area (Å²) >= 11 is 0. The zero-order valence-electron chi connectivity index (χ0n) is 11.2. The molecule has 0 atom stereocenters. The maximum Gasteiger partial charge on any atom is 0.321 e. The third-order valence-electron chi connectivity index (χ3n) is 2.55. The van der Waals surface area contributed by atoms with Crippen LogP contribution >= 0.6 is 0 Å². The number of aryl methyl sites for hydroxylation is 1. The van der Waals surface area contributed by atoms with Crippen LogP contribution in [0.25, 0.3) is 11.4 Å². The molecule has 0 saturated carbocycles. The van der Waals surface area contributed by atoms with E-state index in [0.29, 0.717) is 5.56 Å². The van der Waals surface area contributed by atoms with Crippen molar-refractivity contribution in [2.75, 3.05) is 7.05 Å². The summed E-state index contributed by atoms with van der Waals surface area (Å²) in [5.41, 5.74) is 0.496. The van der Waals surface area contributed by atoms with Gasteiger partial charge in [0.05, 0.1) is 6.54 Å². The summed E-state index contributed by atoms with van der Waals surface area (Å²) in [6.07, 6.45) is 0.0202. The van der Waals surface area contributed by atoms with E-state index >= 15 is 0 Å². The first-order valence-corrected chi connectivity index (χ1v) is 6.14. The van der Waals surface area contributed by atoms with Crippen LogP contribution in [0, 0.1) is 5.82 Å². The molecular weight excluding hydrogens is 279 g/mol. The molecule has 3 amide bonds. The summed E-state index contributed by atoms with van der Waals surface area (Å²) in [4.78, 5) is 23.5. The molecule has 2 rings (SSSR count). The highest BCUT2D eigenvalue weighted by molar-refractivity contribution is 5.94. The lowest BCUT2D eigenvalue weighted by Gasteiger charge is -2.01. The van der Waals surface area contributed by atoms with Gasteiger partial charge in [-0.05, 0) is 17.3 Å². The quantitative estimate of drug-likeness (QED) is 0.845. The fourth-order valence-electron chi connectivity index (χ4n) is 1.53. The molecule has 0 bridgehead atoms. The van der Waals surface area contributed by atoms with Crippen molar-refractivity contribution in [3.05, 3.63) is 30.1 Å². The van der Waals surface area contributed by atoms with Gasteiger partial charge in [-0.3, -0.25) is 10.1 Å². The van der Waals surface area contributed by atoms with Crippen LogP contribution in [0.15, 0.2) is 24.3 Å². The van der Waals surface area contributed by atoms with Crippen molar-refractivity contribution in [3.8, 4) is 11.4 Å². The van der Waals surface area contributed by atoms with E-state index in [9.17, 15) is 14.0 Å². The van der Waals surface area contributed by atoms with E-state index in [1.165, 1.54) is 24.0 Å². The number of hydrogen-bond acceptors (Lipinski definition) is 5. The standard InChI is InChI=1S/C12H13FN6O2/c1-14-12(21)15-10(20)5-6-19-17-11(16-18-19)8-3-2-4-9(13)7-8/h2-4,7H,5-6H2,1H3,(H2,14,15,20,21). The predicted molar refractivity (Wildman–Crippen MR) is 70.4 cm³/mol. The Morgan fingerprint density at radius 1 is 1.38 bits per heavy atom. The van der Waals surface area contributed by atoms with Crippen LogP contribution in [0.5, 0.6) is 0 Å². The molecule has 0 saturated heterocycles. The minimum atomic E-state index is -0.577. The first kappa shape index (κ1) is 14.6. The van der Waals surface area contributed by atoms with E-state index in [1.807, 2.05) is 0 Å². The van der Waals surface area contributed by atoms with Crippen molar-refractivity contribution in [2.24, 2.45) is 0 Å². The molecule has 0 aliphatic rings. The first-order valence-electron chi connectivity index (χ1n) is 6.14. The molecule has 0 fully saturated rings. The van der Waals surface area contributed by atoms with Gasteiger partial charge < -0.3 is 5.32 Å². The van der Waals surface area contributed by atoms with Crippen LogP contribution in [0.4, 0.5) is 9.18 Å². The zero-order chi connectivity index (χ0) is 15.2. The fraction of sp³-hybridized carbons (Fsp3) is 0.250. The fourth-order valence-corrected chi connectivity index (χ4v) is 1.53. The number of hydrogen-bond donors (Lipinski definition) is 2. The lowest BCUT2D eigenvalue weighted by Crippen LogP contribution is -2.37. The predicted octanol–water partition coefficient (Wildman–Crippen LogP) is 0.325. The molecular formula is C12H13FN6O2. The van der Waals surface area contributed by atoms with E-state index in [0.717, 1.165) is 0 Å². The SMILES string of the molecule is CNC(=O)NC(=O)CCn1nnc(-c2cccc(F)c2)n1. The number of carbonyl (C=O) groups is 2. The van der Waals surface area contributed by atoms with E-state index < -0.39 is 17.8 Å². The van der Waals surface area contributed by atoms with Crippen LogP contribution in [0.3, 0.4) is 0 Å². The number of imide groups is 1. The van der Waals surface area contributed by atoms with Crippen LogP contribution in [0.1, 0.15) is 6.42 Å². The Bertz CT molecular complexity index is 657. The van der Waals surface area contributed by atoms with Gasteiger partial charge in [-0.15, -0.1) is 10.2 Å². The van der Waals surface area contributed by atoms with Gasteiger partial charge in [-0.1, -0.05) is 12.1 Å². The maximum atomic E-state index is 13.1. The average Bonchev–Trinajstić information content (AvgIpc) is 2.94. The average molecular weight is 292 g/mol. The summed E-state index contributed by atoms with van der Waals surface area (Å²) < 4.78 is 13.1. The molecule has 2 N–H and O–H groups in total. The third-order valence-corrected chi connectivity index (χ3v) is 2.55. The highest BCUT2D eigenvalue weighted by Crippen LogP contribution is 2.14. The Morgan fingerprint density at radius 3 is 2.90 bits per heavy atom. The van der Waals surface area contributed by atoms with Gasteiger partial charge in [0.15, 0.2) is 0 Å². The Kier molecular flexibility index (Phi) is 4.54. The Labute approximate surface area is 119 Å². The number of rotatable bonds is 4. The van der Waals surface area contributed by atoms with Gasteiger partial charge in [0.2, 0.25) is 11.7 Å². The number of urea groups is 1. The van der Waals surface area contributed by atoms with Crippen molar-refractivity contribution in [1.82, 2.24) is 30.8 Å². The molecule has 2 aromatic rings. The van der Waals surface area contributed by atoms with Crippen molar-refractivity contribution in [3.63, 3.8) is 0 Å². The Balaban J connectivity index is 1.95. The van der Waals surface area contributed by atoms with E-state index in [1.54, 1.807) is 12.1 Å². The van der Waals surface area contributed by atoms with Gasteiger partial charge in [-0.25, -0.2) is 9.18 Å². The number of benzene rings is 1. The Morgan fingerprint density at radius 2 is 2.19 bits per heavy atom. The van der Waals surface area contributed by atoms with Crippen LogP contribution < -0.4 is 10.6 Å². The number of nitrogens with zero attached hydrogens (tertiary/aromatic N) is 4. The minimum Gasteiger partial charge on any atom is -0.341 e. The van der Waals surface area contributed by atoms with Gasteiger partial charge in [0, 0.05) is 19.0 Å². The summed E-state index contributed by atoms with van der Waals surface area (Å²) in [7, 11) is 1.41. The maximum absolute atomic E-state index is 13.1. The molecule has 110 valence electrons. The van der Waals surface area contributed by atoms with Crippen molar-refractivity contribution in [2.45, 2.75) is 13.0 Å².